The standard InChI is InChI=1S/C11H14BrFN2O/c12-7-5-10(13)11(14-6-7)15-8-1-3-9(16)4-2-8/h5-6,8-9,16H,1-4H2,(H,14,15). The largest absolute Gasteiger partial charge is 0.393 e. The maximum Gasteiger partial charge on any atom is 0.166 e. The molecule has 88 valence electrons. The van der Waals surface area contributed by atoms with Crippen LogP contribution in [-0.4, -0.2) is 22.2 Å². The molecular formula is C11H14BrFN2O. The highest BCUT2D eigenvalue weighted by Gasteiger charge is 2.20. The molecule has 0 atom stereocenters. The first-order chi connectivity index (χ1) is 7.65. The summed E-state index contributed by atoms with van der Waals surface area (Å²) in [5.74, 6) is -0.0508. The number of nitrogens with one attached hydrogen (secondary N) is 1. The zero-order valence-electron chi connectivity index (χ0n) is 8.79. The Morgan fingerprint density at radius 1 is 1.38 bits per heavy atom. The average Bonchev–Trinajstić information content (AvgIpc) is 2.25. The Labute approximate surface area is 102 Å². The Balaban J connectivity index is 1.98. The van der Waals surface area contributed by atoms with Crippen LogP contribution in [0.3, 0.4) is 0 Å². The van der Waals surface area contributed by atoms with E-state index in [1.807, 2.05) is 0 Å². The second-order valence-electron chi connectivity index (χ2n) is 4.13. The van der Waals surface area contributed by atoms with Gasteiger partial charge in [-0.05, 0) is 47.7 Å². The number of aliphatic hydroxyl groups excluding tert-OH is 1. The summed E-state index contributed by atoms with van der Waals surface area (Å²) >= 11 is 3.17. The van der Waals surface area contributed by atoms with Gasteiger partial charge in [-0.3, -0.25) is 0 Å². The molecule has 0 aromatic carbocycles. The number of rotatable bonds is 2. The summed E-state index contributed by atoms with van der Waals surface area (Å²) in [5.41, 5.74) is 0. The molecule has 1 aromatic rings. The van der Waals surface area contributed by atoms with Gasteiger partial charge < -0.3 is 10.4 Å². The van der Waals surface area contributed by atoms with Crippen LogP contribution in [-0.2, 0) is 0 Å². The molecule has 0 radical (unpaired) electrons. The number of aromatic nitrogens is 1. The van der Waals surface area contributed by atoms with Crippen LogP contribution in [0.4, 0.5) is 10.2 Å². The van der Waals surface area contributed by atoms with E-state index in [0.29, 0.717) is 10.3 Å². The van der Waals surface area contributed by atoms with Crippen molar-refractivity contribution in [2.75, 3.05) is 5.32 Å². The van der Waals surface area contributed by atoms with Crippen molar-refractivity contribution in [3.8, 4) is 0 Å². The van der Waals surface area contributed by atoms with E-state index in [4.69, 9.17) is 0 Å². The molecule has 2 N–H and O–H groups in total. The van der Waals surface area contributed by atoms with Crippen molar-refractivity contribution in [3.05, 3.63) is 22.6 Å². The first kappa shape index (κ1) is 11.8. The molecule has 1 aliphatic rings. The molecule has 0 unspecified atom stereocenters. The molecule has 5 heteroatoms. The third-order valence-corrected chi connectivity index (χ3v) is 3.28. The quantitative estimate of drug-likeness (QED) is 0.880. The zero-order valence-corrected chi connectivity index (χ0v) is 10.4. The Bertz CT molecular complexity index is 367. The second-order valence-corrected chi connectivity index (χ2v) is 5.05. The lowest BCUT2D eigenvalue weighted by Crippen LogP contribution is -2.28. The van der Waals surface area contributed by atoms with E-state index in [9.17, 15) is 9.50 Å². The molecule has 1 aliphatic carbocycles. The fourth-order valence-electron chi connectivity index (χ4n) is 1.93. The van der Waals surface area contributed by atoms with E-state index in [1.54, 1.807) is 6.20 Å². The predicted octanol–water partition coefficient (Wildman–Crippen LogP) is 2.70. The molecule has 0 aliphatic heterocycles. The van der Waals surface area contributed by atoms with Crippen molar-refractivity contribution in [2.24, 2.45) is 0 Å². The van der Waals surface area contributed by atoms with Crippen LogP contribution >= 0.6 is 15.9 Å². The zero-order chi connectivity index (χ0) is 11.5. The predicted molar refractivity (Wildman–Crippen MR) is 63.8 cm³/mol. The maximum atomic E-state index is 13.5. The number of anilines is 1. The van der Waals surface area contributed by atoms with Gasteiger partial charge in [-0.2, -0.15) is 0 Å². The van der Waals surface area contributed by atoms with Gasteiger partial charge in [0.05, 0.1) is 6.10 Å². The monoisotopic (exact) mass is 288 g/mol. The fraction of sp³-hybridized carbons (Fsp3) is 0.545. The molecule has 1 heterocycles. The number of hydrogen-bond acceptors (Lipinski definition) is 3. The van der Waals surface area contributed by atoms with Crippen molar-refractivity contribution in [3.63, 3.8) is 0 Å². The van der Waals surface area contributed by atoms with Gasteiger partial charge in [-0.25, -0.2) is 9.37 Å². The summed E-state index contributed by atoms with van der Waals surface area (Å²) < 4.78 is 14.1. The molecule has 0 spiro atoms. The van der Waals surface area contributed by atoms with Crippen LogP contribution in [0.5, 0.6) is 0 Å². The number of aliphatic hydroxyl groups is 1. The normalized spacial score (nSPS) is 25.4. The van der Waals surface area contributed by atoms with Crippen molar-refractivity contribution in [2.45, 2.75) is 37.8 Å². The molecule has 2 rings (SSSR count). The summed E-state index contributed by atoms with van der Waals surface area (Å²) in [4.78, 5) is 4.00. The topological polar surface area (TPSA) is 45.1 Å². The highest BCUT2D eigenvalue weighted by molar-refractivity contribution is 9.10. The second kappa shape index (κ2) is 5.10. The third kappa shape index (κ3) is 2.92. The molecule has 0 amide bonds. The van der Waals surface area contributed by atoms with Crippen LogP contribution in [0.1, 0.15) is 25.7 Å². The van der Waals surface area contributed by atoms with Crippen molar-refractivity contribution < 1.29 is 9.50 Å². The molecule has 0 bridgehead atoms. The Kier molecular flexibility index (Phi) is 3.76. The van der Waals surface area contributed by atoms with Gasteiger partial charge in [0.15, 0.2) is 11.6 Å². The molecule has 0 saturated heterocycles. The van der Waals surface area contributed by atoms with Crippen molar-refractivity contribution in [1.29, 1.82) is 0 Å². The molecule has 3 nitrogen and oxygen atoms in total. The summed E-state index contributed by atoms with van der Waals surface area (Å²) in [6.45, 7) is 0. The van der Waals surface area contributed by atoms with Crippen LogP contribution in [0.25, 0.3) is 0 Å². The molecule has 1 aromatic heterocycles. The number of nitrogens with zero attached hydrogens (tertiary/aromatic N) is 1. The number of hydrogen-bond donors (Lipinski definition) is 2. The van der Waals surface area contributed by atoms with Crippen LogP contribution in [0.2, 0.25) is 0 Å². The van der Waals surface area contributed by atoms with Gasteiger partial charge in [0.25, 0.3) is 0 Å². The lowest BCUT2D eigenvalue weighted by atomic mass is 9.93. The van der Waals surface area contributed by atoms with Gasteiger partial charge in [0.2, 0.25) is 0 Å². The first-order valence-corrected chi connectivity index (χ1v) is 6.20. The van der Waals surface area contributed by atoms with Crippen molar-refractivity contribution in [1.82, 2.24) is 4.98 Å². The van der Waals surface area contributed by atoms with Crippen molar-refractivity contribution >= 4 is 21.7 Å². The molecule has 1 saturated carbocycles. The minimum Gasteiger partial charge on any atom is -0.393 e. The van der Waals surface area contributed by atoms with Gasteiger partial charge in [-0.15, -0.1) is 0 Å². The highest BCUT2D eigenvalue weighted by Crippen LogP contribution is 2.23. The maximum absolute atomic E-state index is 13.5. The van der Waals surface area contributed by atoms with E-state index in [1.165, 1.54) is 6.07 Å². The minimum absolute atomic E-state index is 0.194. The van der Waals surface area contributed by atoms with Crippen LogP contribution in [0.15, 0.2) is 16.7 Å². The lowest BCUT2D eigenvalue weighted by molar-refractivity contribution is 0.126. The van der Waals surface area contributed by atoms with Crippen LogP contribution in [0, 0.1) is 5.82 Å². The first-order valence-electron chi connectivity index (χ1n) is 5.41. The summed E-state index contributed by atoms with van der Waals surface area (Å²) in [6.07, 6.45) is 4.64. The summed E-state index contributed by atoms with van der Waals surface area (Å²) in [6, 6.07) is 1.61. The number of pyridine rings is 1. The molecular weight excluding hydrogens is 275 g/mol. The average molecular weight is 289 g/mol. The minimum atomic E-state index is -0.347. The van der Waals surface area contributed by atoms with E-state index in [0.717, 1.165) is 25.7 Å². The Morgan fingerprint density at radius 2 is 2.06 bits per heavy atom. The van der Waals surface area contributed by atoms with E-state index in [2.05, 4.69) is 26.2 Å². The Morgan fingerprint density at radius 3 is 2.69 bits per heavy atom. The van der Waals surface area contributed by atoms with Gasteiger partial charge in [0.1, 0.15) is 0 Å². The third-order valence-electron chi connectivity index (χ3n) is 2.85. The van der Waals surface area contributed by atoms with E-state index in [-0.39, 0.29) is 18.0 Å². The highest BCUT2D eigenvalue weighted by atomic mass is 79.9. The number of halogens is 2. The van der Waals surface area contributed by atoms with E-state index < -0.39 is 0 Å². The SMILES string of the molecule is OC1CCC(Nc2ncc(Br)cc2F)CC1. The summed E-state index contributed by atoms with van der Waals surface area (Å²) in [7, 11) is 0. The molecule has 16 heavy (non-hydrogen) atoms. The fourth-order valence-corrected chi connectivity index (χ4v) is 2.24. The smallest absolute Gasteiger partial charge is 0.166 e. The molecule has 1 fully saturated rings. The van der Waals surface area contributed by atoms with Gasteiger partial charge in [-0.1, -0.05) is 0 Å². The van der Waals surface area contributed by atoms with E-state index >= 15 is 0 Å². The van der Waals surface area contributed by atoms with Gasteiger partial charge >= 0.3 is 0 Å². The Hall–Kier alpha value is -0.680. The summed E-state index contributed by atoms with van der Waals surface area (Å²) in [5, 5.41) is 12.4. The van der Waals surface area contributed by atoms with Crippen LogP contribution < -0.4 is 5.32 Å². The van der Waals surface area contributed by atoms with Gasteiger partial charge in [0, 0.05) is 16.7 Å². The lowest BCUT2D eigenvalue weighted by Gasteiger charge is -2.26.